The van der Waals surface area contributed by atoms with Crippen molar-refractivity contribution in [1.82, 2.24) is 5.32 Å². The number of carbonyl (C=O) groups excluding carboxylic acids is 1. The zero-order valence-corrected chi connectivity index (χ0v) is 7.18. The second-order valence-corrected chi connectivity index (χ2v) is 3.27. The Balaban J connectivity index is 1.87. The van der Waals surface area contributed by atoms with Gasteiger partial charge in [-0.05, 0) is 18.8 Å². The van der Waals surface area contributed by atoms with Crippen LogP contribution in [0.5, 0.6) is 0 Å². The summed E-state index contributed by atoms with van der Waals surface area (Å²) in [5.41, 5.74) is 0. The fourth-order valence-corrected chi connectivity index (χ4v) is 1.16. The van der Waals surface area contributed by atoms with Crippen LogP contribution in [0.15, 0.2) is 0 Å². The standard InChI is InChI=1S/C9H14N2O/c10-6-5-9(12)11-7-1-2-8-3-4-8/h8H,1-5,7H2,(H,11,12). The van der Waals surface area contributed by atoms with E-state index >= 15 is 0 Å². The normalized spacial score (nSPS) is 15.2. The van der Waals surface area contributed by atoms with Crippen molar-refractivity contribution in [2.75, 3.05) is 6.54 Å². The van der Waals surface area contributed by atoms with Gasteiger partial charge >= 0.3 is 0 Å². The third kappa shape index (κ3) is 3.97. The number of rotatable bonds is 5. The molecule has 0 heterocycles. The molecule has 0 radical (unpaired) electrons. The molecule has 3 heteroatoms. The summed E-state index contributed by atoms with van der Waals surface area (Å²) < 4.78 is 0. The predicted molar refractivity (Wildman–Crippen MR) is 45.2 cm³/mol. The van der Waals surface area contributed by atoms with Gasteiger partial charge in [-0.15, -0.1) is 0 Å². The molecule has 3 nitrogen and oxygen atoms in total. The summed E-state index contributed by atoms with van der Waals surface area (Å²) in [4.78, 5) is 10.8. The first kappa shape index (κ1) is 9.05. The van der Waals surface area contributed by atoms with Crippen LogP contribution < -0.4 is 5.32 Å². The minimum atomic E-state index is -0.145. The van der Waals surface area contributed by atoms with Crippen molar-refractivity contribution in [2.45, 2.75) is 32.1 Å². The summed E-state index contributed by atoms with van der Waals surface area (Å²) in [6, 6.07) is 1.82. The topological polar surface area (TPSA) is 52.9 Å². The van der Waals surface area contributed by atoms with Gasteiger partial charge in [-0.2, -0.15) is 5.26 Å². The molecule has 0 bridgehead atoms. The number of nitrogens with zero attached hydrogens (tertiary/aromatic N) is 1. The molecule has 0 aromatic rings. The molecule has 1 aliphatic carbocycles. The third-order valence-electron chi connectivity index (χ3n) is 2.05. The quantitative estimate of drug-likeness (QED) is 0.624. The Morgan fingerprint density at radius 3 is 2.92 bits per heavy atom. The maximum absolute atomic E-state index is 10.8. The largest absolute Gasteiger partial charge is 0.355 e. The van der Waals surface area contributed by atoms with Gasteiger partial charge in [0.15, 0.2) is 0 Å². The molecule has 1 fully saturated rings. The monoisotopic (exact) mass is 166 g/mol. The number of nitrogens with one attached hydrogen (secondary N) is 1. The molecular formula is C9H14N2O. The van der Waals surface area contributed by atoms with E-state index < -0.39 is 0 Å². The van der Waals surface area contributed by atoms with E-state index in [1.165, 1.54) is 19.3 Å². The van der Waals surface area contributed by atoms with Gasteiger partial charge in [0.05, 0.1) is 6.07 Å². The Labute approximate surface area is 72.8 Å². The Bertz CT molecular complexity index is 191. The lowest BCUT2D eigenvalue weighted by Crippen LogP contribution is -2.23. The van der Waals surface area contributed by atoms with Crippen molar-refractivity contribution in [3.63, 3.8) is 0 Å². The van der Waals surface area contributed by atoms with Crippen molar-refractivity contribution in [2.24, 2.45) is 5.92 Å². The van der Waals surface area contributed by atoms with Crippen LogP contribution in [0, 0.1) is 17.2 Å². The van der Waals surface area contributed by atoms with E-state index in [1.807, 2.05) is 6.07 Å². The average Bonchev–Trinajstić information content (AvgIpc) is 2.82. The number of hydrogen-bond acceptors (Lipinski definition) is 2. The van der Waals surface area contributed by atoms with Gasteiger partial charge in [-0.3, -0.25) is 4.79 Å². The smallest absolute Gasteiger partial charge is 0.234 e. The van der Waals surface area contributed by atoms with Crippen LogP contribution in [0.1, 0.15) is 32.1 Å². The molecule has 0 spiro atoms. The molecule has 12 heavy (non-hydrogen) atoms. The average molecular weight is 166 g/mol. The van der Waals surface area contributed by atoms with Crippen LogP contribution in [0.2, 0.25) is 0 Å². The molecule has 1 rings (SSSR count). The number of carbonyl (C=O) groups is 1. The SMILES string of the molecule is N#CCC(=O)NCCCC1CC1. The molecule has 0 aromatic carbocycles. The van der Waals surface area contributed by atoms with Crippen molar-refractivity contribution in [3.8, 4) is 6.07 Å². The van der Waals surface area contributed by atoms with Gasteiger partial charge in [0.2, 0.25) is 5.91 Å². The minimum Gasteiger partial charge on any atom is -0.355 e. The fraction of sp³-hybridized carbons (Fsp3) is 0.778. The van der Waals surface area contributed by atoms with Crippen molar-refractivity contribution in [1.29, 1.82) is 5.26 Å². The lowest BCUT2D eigenvalue weighted by molar-refractivity contribution is -0.120. The van der Waals surface area contributed by atoms with Crippen LogP contribution >= 0.6 is 0 Å². The molecule has 0 aromatic heterocycles. The van der Waals surface area contributed by atoms with Crippen molar-refractivity contribution >= 4 is 5.91 Å². The fourth-order valence-electron chi connectivity index (χ4n) is 1.16. The van der Waals surface area contributed by atoms with Gasteiger partial charge in [0.25, 0.3) is 0 Å². The summed E-state index contributed by atoms with van der Waals surface area (Å²) in [6.07, 6.45) is 5.01. The van der Waals surface area contributed by atoms with E-state index in [1.54, 1.807) is 0 Å². The van der Waals surface area contributed by atoms with Gasteiger partial charge in [-0.25, -0.2) is 0 Å². The zero-order chi connectivity index (χ0) is 8.81. The Kier molecular flexibility index (Phi) is 3.59. The Hall–Kier alpha value is -1.04. The predicted octanol–water partition coefficient (Wildman–Crippen LogP) is 1.21. The van der Waals surface area contributed by atoms with E-state index in [0.717, 1.165) is 18.9 Å². The molecule has 0 saturated heterocycles. The molecule has 1 aliphatic rings. The molecule has 0 aliphatic heterocycles. The summed E-state index contributed by atoms with van der Waals surface area (Å²) >= 11 is 0. The van der Waals surface area contributed by atoms with E-state index in [2.05, 4.69) is 5.32 Å². The summed E-state index contributed by atoms with van der Waals surface area (Å²) in [6.45, 7) is 0.733. The number of nitriles is 1. The van der Waals surface area contributed by atoms with Gasteiger partial charge in [0.1, 0.15) is 6.42 Å². The minimum absolute atomic E-state index is 0.0105. The second-order valence-electron chi connectivity index (χ2n) is 3.27. The van der Waals surface area contributed by atoms with Crippen molar-refractivity contribution in [3.05, 3.63) is 0 Å². The zero-order valence-electron chi connectivity index (χ0n) is 7.18. The Morgan fingerprint density at radius 2 is 2.33 bits per heavy atom. The van der Waals surface area contributed by atoms with Crippen LogP contribution in [0.4, 0.5) is 0 Å². The highest BCUT2D eigenvalue weighted by molar-refractivity contribution is 5.77. The maximum Gasteiger partial charge on any atom is 0.234 e. The van der Waals surface area contributed by atoms with E-state index in [-0.39, 0.29) is 12.3 Å². The molecular weight excluding hydrogens is 152 g/mol. The Morgan fingerprint density at radius 1 is 1.58 bits per heavy atom. The summed E-state index contributed by atoms with van der Waals surface area (Å²) in [7, 11) is 0. The lowest BCUT2D eigenvalue weighted by atomic mass is 10.2. The summed E-state index contributed by atoms with van der Waals surface area (Å²) in [5.74, 6) is 0.783. The van der Waals surface area contributed by atoms with E-state index in [4.69, 9.17) is 5.26 Å². The van der Waals surface area contributed by atoms with Gasteiger partial charge < -0.3 is 5.32 Å². The van der Waals surface area contributed by atoms with Crippen LogP contribution in [-0.2, 0) is 4.79 Å². The number of hydrogen-bond donors (Lipinski definition) is 1. The highest BCUT2D eigenvalue weighted by Crippen LogP contribution is 2.33. The highest BCUT2D eigenvalue weighted by atomic mass is 16.1. The van der Waals surface area contributed by atoms with Crippen LogP contribution in [0.3, 0.4) is 0 Å². The first-order valence-corrected chi connectivity index (χ1v) is 4.46. The van der Waals surface area contributed by atoms with E-state index in [9.17, 15) is 4.79 Å². The highest BCUT2D eigenvalue weighted by Gasteiger charge is 2.19. The van der Waals surface area contributed by atoms with Crippen LogP contribution in [-0.4, -0.2) is 12.5 Å². The second kappa shape index (κ2) is 4.76. The molecule has 1 N–H and O–H groups in total. The third-order valence-corrected chi connectivity index (χ3v) is 2.05. The first-order valence-electron chi connectivity index (χ1n) is 4.46. The maximum atomic E-state index is 10.8. The van der Waals surface area contributed by atoms with Gasteiger partial charge in [-0.1, -0.05) is 12.8 Å². The lowest BCUT2D eigenvalue weighted by Gasteiger charge is -2.00. The number of amides is 1. The molecule has 0 atom stereocenters. The van der Waals surface area contributed by atoms with Crippen molar-refractivity contribution < 1.29 is 4.79 Å². The first-order chi connectivity index (χ1) is 5.83. The van der Waals surface area contributed by atoms with Gasteiger partial charge in [0, 0.05) is 6.54 Å². The molecule has 66 valence electrons. The molecule has 1 amide bonds. The molecule has 0 unspecified atom stereocenters. The van der Waals surface area contributed by atoms with E-state index in [0.29, 0.717) is 0 Å². The molecule has 1 saturated carbocycles. The summed E-state index contributed by atoms with van der Waals surface area (Å²) in [5, 5.41) is 10.9. The van der Waals surface area contributed by atoms with Crippen LogP contribution in [0.25, 0.3) is 0 Å².